The third-order valence-electron chi connectivity index (χ3n) is 6.70. The van der Waals surface area contributed by atoms with Crippen LogP contribution < -0.4 is 0 Å². The number of aromatic nitrogens is 2. The molecule has 4 atom stereocenters. The molecule has 1 aliphatic carbocycles. The van der Waals surface area contributed by atoms with Gasteiger partial charge in [0.15, 0.2) is 5.82 Å². The van der Waals surface area contributed by atoms with Crippen LogP contribution in [-0.4, -0.2) is 67.2 Å². The van der Waals surface area contributed by atoms with Crippen molar-refractivity contribution in [1.82, 2.24) is 19.8 Å². The van der Waals surface area contributed by atoms with E-state index in [1.165, 1.54) is 13.3 Å². The molecule has 2 heterocycles. The van der Waals surface area contributed by atoms with Gasteiger partial charge in [-0.3, -0.25) is 9.69 Å². The summed E-state index contributed by atoms with van der Waals surface area (Å²) in [4.78, 5) is 37.8. The molecule has 8 nitrogen and oxygen atoms in total. The standard InChI is InChI=1S/C23H36N4O4/c1-16-11-12-23(4,27(16)22(30)31-19-9-6-5-7-10-19)15-26(18(3)29)20(17(2)28)21-24-13-8-14-25-21/h8,13-14,16-17,19-20,28H,5-7,9-12,15H2,1-4H3. The molecule has 1 N–H and O–H groups in total. The Kier molecular flexibility index (Phi) is 7.51. The van der Waals surface area contributed by atoms with Crippen LogP contribution in [0, 0.1) is 0 Å². The molecule has 4 unspecified atom stereocenters. The minimum atomic E-state index is -0.864. The van der Waals surface area contributed by atoms with Crippen molar-refractivity contribution in [2.45, 2.75) is 102 Å². The summed E-state index contributed by atoms with van der Waals surface area (Å²) >= 11 is 0. The molecule has 8 heteroatoms. The highest BCUT2D eigenvalue weighted by Gasteiger charge is 2.48. The Hall–Kier alpha value is -2.22. The zero-order chi connectivity index (χ0) is 22.6. The van der Waals surface area contributed by atoms with Gasteiger partial charge in [0.05, 0.1) is 11.6 Å². The summed E-state index contributed by atoms with van der Waals surface area (Å²) in [5.41, 5.74) is -0.598. The van der Waals surface area contributed by atoms with Gasteiger partial charge in [0.25, 0.3) is 0 Å². The highest BCUT2D eigenvalue weighted by molar-refractivity contribution is 5.74. The molecule has 2 amide bonds. The number of aliphatic hydroxyl groups excluding tert-OH is 1. The first-order valence-electron chi connectivity index (χ1n) is 11.4. The third-order valence-corrected chi connectivity index (χ3v) is 6.70. The van der Waals surface area contributed by atoms with Gasteiger partial charge in [-0.1, -0.05) is 6.42 Å². The number of carbonyl (C=O) groups excluding carboxylic acids is 2. The van der Waals surface area contributed by atoms with Gasteiger partial charge in [0.1, 0.15) is 12.1 Å². The fraction of sp³-hybridized carbons (Fsp3) is 0.739. The Bertz CT molecular complexity index is 753. The van der Waals surface area contributed by atoms with E-state index in [0.717, 1.165) is 38.5 Å². The number of aliphatic hydroxyl groups is 1. The molecule has 2 fully saturated rings. The molecule has 1 aromatic heterocycles. The van der Waals surface area contributed by atoms with E-state index in [1.807, 2.05) is 18.7 Å². The maximum Gasteiger partial charge on any atom is 0.410 e. The number of hydrogen-bond donors (Lipinski definition) is 1. The Balaban J connectivity index is 1.83. The van der Waals surface area contributed by atoms with Crippen molar-refractivity contribution in [1.29, 1.82) is 0 Å². The van der Waals surface area contributed by atoms with Crippen molar-refractivity contribution in [2.24, 2.45) is 0 Å². The molecule has 31 heavy (non-hydrogen) atoms. The lowest BCUT2D eigenvalue weighted by Crippen LogP contribution is -2.57. The van der Waals surface area contributed by atoms with Crippen molar-refractivity contribution in [2.75, 3.05) is 6.54 Å². The van der Waals surface area contributed by atoms with Crippen LogP contribution in [0.2, 0.25) is 0 Å². The number of likely N-dealkylation sites (tertiary alicyclic amines) is 1. The molecular weight excluding hydrogens is 396 g/mol. The second-order valence-electron chi connectivity index (χ2n) is 9.34. The summed E-state index contributed by atoms with van der Waals surface area (Å²) in [5.74, 6) is 0.193. The normalized spacial score (nSPS) is 26.4. The molecular formula is C23H36N4O4. The van der Waals surface area contributed by atoms with Crippen LogP contribution in [0.25, 0.3) is 0 Å². The van der Waals surface area contributed by atoms with Gasteiger partial charge >= 0.3 is 6.09 Å². The topological polar surface area (TPSA) is 95.9 Å². The first-order chi connectivity index (χ1) is 14.7. The van der Waals surface area contributed by atoms with Gasteiger partial charge in [0, 0.05) is 31.9 Å². The number of carbonyl (C=O) groups is 2. The molecule has 172 valence electrons. The summed E-state index contributed by atoms with van der Waals surface area (Å²) < 4.78 is 5.89. The van der Waals surface area contributed by atoms with Crippen LogP contribution in [0.5, 0.6) is 0 Å². The molecule has 3 rings (SSSR count). The van der Waals surface area contributed by atoms with Crippen molar-refractivity contribution in [3.05, 3.63) is 24.3 Å². The molecule has 1 aliphatic heterocycles. The van der Waals surface area contributed by atoms with Gasteiger partial charge in [-0.25, -0.2) is 14.8 Å². The molecule has 1 saturated heterocycles. The molecule has 0 radical (unpaired) electrons. The van der Waals surface area contributed by atoms with Crippen molar-refractivity contribution >= 4 is 12.0 Å². The maximum absolute atomic E-state index is 13.2. The molecule has 1 saturated carbocycles. The Labute approximate surface area is 185 Å². The zero-order valence-electron chi connectivity index (χ0n) is 19.2. The van der Waals surface area contributed by atoms with E-state index < -0.39 is 17.7 Å². The number of rotatable bonds is 6. The van der Waals surface area contributed by atoms with Gasteiger partial charge < -0.3 is 14.7 Å². The third kappa shape index (κ3) is 5.34. The van der Waals surface area contributed by atoms with Crippen LogP contribution in [0.1, 0.15) is 84.5 Å². The predicted molar refractivity (Wildman–Crippen MR) is 116 cm³/mol. The average Bonchev–Trinajstić information content (AvgIpc) is 3.03. The number of hydrogen-bond acceptors (Lipinski definition) is 6. The smallest absolute Gasteiger partial charge is 0.410 e. The highest BCUT2D eigenvalue weighted by atomic mass is 16.6. The largest absolute Gasteiger partial charge is 0.446 e. The van der Waals surface area contributed by atoms with E-state index in [0.29, 0.717) is 5.82 Å². The van der Waals surface area contributed by atoms with E-state index in [-0.39, 0.29) is 30.7 Å². The SMILES string of the molecule is CC(=O)N(CC1(C)CCC(C)N1C(=O)OC1CCCCC1)C(c1ncccn1)C(C)O. The predicted octanol–water partition coefficient (Wildman–Crippen LogP) is 3.46. The second kappa shape index (κ2) is 9.94. The quantitative estimate of drug-likeness (QED) is 0.740. The number of amides is 2. The van der Waals surface area contributed by atoms with Gasteiger partial charge in [-0.05, 0) is 65.4 Å². The van der Waals surface area contributed by atoms with Crippen LogP contribution in [-0.2, 0) is 9.53 Å². The monoisotopic (exact) mass is 432 g/mol. The fourth-order valence-corrected chi connectivity index (χ4v) is 5.09. The minimum absolute atomic E-state index is 0.0212. The molecule has 0 aromatic carbocycles. The minimum Gasteiger partial charge on any atom is -0.446 e. The molecule has 0 spiro atoms. The van der Waals surface area contributed by atoms with Gasteiger partial charge in [0.2, 0.25) is 5.91 Å². The lowest BCUT2D eigenvalue weighted by molar-refractivity contribution is -0.136. The van der Waals surface area contributed by atoms with Crippen LogP contribution in [0.3, 0.4) is 0 Å². The number of nitrogens with zero attached hydrogens (tertiary/aromatic N) is 4. The fourth-order valence-electron chi connectivity index (χ4n) is 5.09. The first kappa shape index (κ1) is 23.4. The summed E-state index contributed by atoms with van der Waals surface area (Å²) in [6.45, 7) is 7.41. The van der Waals surface area contributed by atoms with Crippen LogP contribution in [0.4, 0.5) is 4.79 Å². The summed E-state index contributed by atoms with van der Waals surface area (Å²) in [7, 11) is 0. The summed E-state index contributed by atoms with van der Waals surface area (Å²) in [5, 5.41) is 10.5. The number of ether oxygens (including phenoxy) is 1. The zero-order valence-corrected chi connectivity index (χ0v) is 19.2. The van der Waals surface area contributed by atoms with E-state index in [9.17, 15) is 14.7 Å². The van der Waals surface area contributed by atoms with Crippen molar-refractivity contribution < 1.29 is 19.4 Å². The van der Waals surface area contributed by atoms with Crippen LogP contribution in [0.15, 0.2) is 18.5 Å². The summed E-state index contributed by atoms with van der Waals surface area (Å²) in [6, 6.07) is 1.03. The van der Waals surface area contributed by atoms with Gasteiger partial charge in [-0.15, -0.1) is 0 Å². The average molecular weight is 433 g/mol. The Morgan fingerprint density at radius 2 is 1.90 bits per heavy atom. The molecule has 1 aromatic rings. The Morgan fingerprint density at radius 3 is 2.48 bits per heavy atom. The lowest BCUT2D eigenvalue weighted by Gasteiger charge is -2.43. The maximum atomic E-state index is 13.2. The van der Waals surface area contributed by atoms with Crippen molar-refractivity contribution in [3.8, 4) is 0 Å². The van der Waals surface area contributed by atoms with E-state index in [1.54, 1.807) is 30.3 Å². The Morgan fingerprint density at radius 1 is 1.26 bits per heavy atom. The highest BCUT2D eigenvalue weighted by Crippen LogP contribution is 2.38. The molecule has 0 bridgehead atoms. The lowest BCUT2D eigenvalue weighted by atomic mass is 9.96. The van der Waals surface area contributed by atoms with E-state index >= 15 is 0 Å². The first-order valence-corrected chi connectivity index (χ1v) is 11.4. The van der Waals surface area contributed by atoms with Gasteiger partial charge in [-0.2, -0.15) is 0 Å². The van der Waals surface area contributed by atoms with Crippen molar-refractivity contribution in [3.63, 3.8) is 0 Å². The van der Waals surface area contributed by atoms with Crippen LogP contribution >= 0.6 is 0 Å². The molecule has 2 aliphatic rings. The van der Waals surface area contributed by atoms with E-state index in [2.05, 4.69) is 9.97 Å². The second-order valence-corrected chi connectivity index (χ2v) is 9.34. The summed E-state index contributed by atoms with van der Waals surface area (Å²) in [6.07, 6.45) is 8.82. The van der Waals surface area contributed by atoms with E-state index in [4.69, 9.17) is 4.74 Å².